The number of anilines is 1. The summed E-state index contributed by atoms with van der Waals surface area (Å²) in [5.74, 6) is 0.916. The van der Waals surface area contributed by atoms with Gasteiger partial charge in [-0.15, -0.1) is 0 Å². The van der Waals surface area contributed by atoms with Gasteiger partial charge in [0.1, 0.15) is 0 Å². The number of unbranched alkanes of at least 4 members (excludes halogenated alkanes) is 1. The van der Waals surface area contributed by atoms with Gasteiger partial charge in [0.15, 0.2) is 5.96 Å². The average Bonchev–Trinajstić information content (AvgIpc) is 3.08. The van der Waals surface area contributed by atoms with Gasteiger partial charge in [-0.2, -0.15) is 0 Å². The summed E-state index contributed by atoms with van der Waals surface area (Å²) in [5.41, 5.74) is 1.31. The highest BCUT2D eigenvalue weighted by Gasteiger charge is 2.23. The van der Waals surface area contributed by atoms with Crippen LogP contribution in [0.15, 0.2) is 35.3 Å². The van der Waals surface area contributed by atoms with Crippen LogP contribution in [0.25, 0.3) is 0 Å². The molecule has 24 heavy (non-hydrogen) atoms. The lowest BCUT2D eigenvalue weighted by molar-refractivity contribution is 0.332. The number of hydrogen-bond acceptors (Lipinski definition) is 3. The number of nitrogens with one attached hydrogen (secondary N) is 2. The van der Waals surface area contributed by atoms with E-state index >= 15 is 0 Å². The first-order chi connectivity index (χ1) is 11.7. The van der Waals surface area contributed by atoms with Crippen molar-refractivity contribution in [1.29, 1.82) is 0 Å². The van der Waals surface area contributed by atoms with Crippen LogP contribution >= 0.6 is 0 Å². The summed E-state index contributed by atoms with van der Waals surface area (Å²) in [6.07, 6.45) is 3.66. The molecule has 2 rings (SSSR count). The third-order valence-electron chi connectivity index (χ3n) is 4.55. The highest BCUT2D eigenvalue weighted by molar-refractivity contribution is 5.80. The molecule has 1 aromatic rings. The summed E-state index contributed by atoms with van der Waals surface area (Å²) in [5, 5.41) is 7.00. The van der Waals surface area contributed by atoms with Crippen molar-refractivity contribution < 1.29 is 0 Å². The molecule has 0 radical (unpaired) electrons. The molecular formula is C19H33N5. The van der Waals surface area contributed by atoms with Crippen LogP contribution in [0.5, 0.6) is 0 Å². The Balaban J connectivity index is 1.70. The van der Waals surface area contributed by atoms with Crippen LogP contribution in [-0.4, -0.2) is 63.7 Å². The van der Waals surface area contributed by atoms with Gasteiger partial charge in [0.05, 0.1) is 0 Å². The molecule has 1 aliphatic rings. The van der Waals surface area contributed by atoms with E-state index in [4.69, 9.17) is 0 Å². The third-order valence-corrected chi connectivity index (χ3v) is 4.55. The van der Waals surface area contributed by atoms with Crippen molar-refractivity contribution in [2.75, 3.05) is 51.7 Å². The van der Waals surface area contributed by atoms with E-state index in [1.165, 1.54) is 25.1 Å². The maximum atomic E-state index is 4.37. The van der Waals surface area contributed by atoms with E-state index < -0.39 is 0 Å². The molecule has 2 N–H and O–H groups in total. The Morgan fingerprint density at radius 2 is 2.08 bits per heavy atom. The van der Waals surface area contributed by atoms with E-state index in [2.05, 4.69) is 69.7 Å². The second-order valence-electron chi connectivity index (χ2n) is 6.57. The van der Waals surface area contributed by atoms with Gasteiger partial charge >= 0.3 is 0 Å². The fraction of sp³-hybridized carbons (Fsp3) is 0.632. The predicted octanol–water partition coefficient (Wildman–Crippen LogP) is 2.16. The number of rotatable bonds is 8. The van der Waals surface area contributed by atoms with Gasteiger partial charge in [0, 0.05) is 45.0 Å². The largest absolute Gasteiger partial charge is 0.369 e. The minimum atomic E-state index is 0.453. The summed E-state index contributed by atoms with van der Waals surface area (Å²) < 4.78 is 0. The Morgan fingerprint density at radius 1 is 1.29 bits per heavy atom. The molecule has 0 saturated carbocycles. The summed E-state index contributed by atoms with van der Waals surface area (Å²) in [6, 6.07) is 11.1. The Hall–Kier alpha value is -1.75. The molecule has 134 valence electrons. The molecular weight excluding hydrogens is 298 g/mol. The topological polar surface area (TPSA) is 42.9 Å². The molecule has 0 aromatic heterocycles. The van der Waals surface area contributed by atoms with E-state index in [0.29, 0.717) is 6.04 Å². The number of likely N-dealkylation sites (N-methyl/N-ethyl adjacent to an activating group) is 1. The van der Waals surface area contributed by atoms with Crippen molar-refractivity contribution in [3.63, 3.8) is 0 Å². The first-order valence-corrected chi connectivity index (χ1v) is 9.18. The Kier molecular flexibility index (Phi) is 7.89. The number of aliphatic imine (C=N–C) groups is 1. The van der Waals surface area contributed by atoms with Crippen molar-refractivity contribution in [2.45, 2.75) is 32.2 Å². The van der Waals surface area contributed by atoms with Crippen LogP contribution in [0.2, 0.25) is 0 Å². The zero-order valence-electron chi connectivity index (χ0n) is 15.5. The monoisotopic (exact) mass is 331 g/mol. The zero-order chi connectivity index (χ0) is 17.2. The van der Waals surface area contributed by atoms with Crippen molar-refractivity contribution in [3.8, 4) is 0 Å². The minimum Gasteiger partial charge on any atom is -0.369 e. The maximum Gasteiger partial charge on any atom is 0.191 e. The van der Waals surface area contributed by atoms with E-state index in [1.807, 2.05) is 7.05 Å². The second kappa shape index (κ2) is 10.2. The smallest absolute Gasteiger partial charge is 0.191 e. The molecule has 0 bridgehead atoms. The molecule has 0 amide bonds. The number of para-hydroxylation sites is 1. The SMILES string of the molecule is CCCCN(C)CCNC(=NC)NC1CCN(c2ccccc2)C1. The highest BCUT2D eigenvalue weighted by atomic mass is 15.2. The van der Waals surface area contributed by atoms with Crippen molar-refractivity contribution in [2.24, 2.45) is 4.99 Å². The molecule has 5 nitrogen and oxygen atoms in total. The lowest BCUT2D eigenvalue weighted by atomic mass is 10.3. The predicted molar refractivity (Wildman–Crippen MR) is 104 cm³/mol. The van der Waals surface area contributed by atoms with Crippen LogP contribution < -0.4 is 15.5 Å². The number of hydrogen-bond donors (Lipinski definition) is 2. The van der Waals surface area contributed by atoms with Gasteiger partial charge < -0.3 is 20.4 Å². The van der Waals surface area contributed by atoms with Gasteiger partial charge in [-0.05, 0) is 38.6 Å². The Labute approximate surface area is 147 Å². The Morgan fingerprint density at radius 3 is 2.79 bits per heavy atom. The van der Waals surface area contributed by atoms with Crippen LogP contribution in [0.3, 0.4) is 0 Å². The standard InChI is InChI=1S/C19H33N5/c1-4-5-13-23(3)15-12-21-19(20-2)22-17-11-14-24(16-17)18-9-7-6-8-10-18/h6-10,17H,4-5,11-16H2,1-3H3,(H2,20,21,22). The first kappa shape index (κ1) is 18.6. The molecule has 1 unspecified atom stereocenters. The van der Waals surface area contributed by atoms with Crippen LogP contribution in [0, 0.1) is 0 Å². The maximum absolute atomic E-state index is 4.37. The summed E-state index contributed by atoms with van der Waals surface area (Å²) in [7, 11) is 4.03. The highest BCUT2D eigenvalue weighted by Crippen LogP contribution is 2.19. The van der Waals surface area contributed by atoms with E-state index in [0.717, 1.165) is 38.6 Å². The van der Waals surface area contributed by atoms with Gasteiger partial charge in [-0.25, -0.2) is 0 Å². The fourth-order valence-corrected chi connectivity index (χ4v) is 3.04. The van der Waals surface area contributed by atoms with Crippen molar-refractivity contribution in [1.82, 2.24) is 15.5 Å². The average molecular weight is 332 g/mol. The minimum absolute atomic E-state index is 0.453. The third kappa shape index (κ3) is 6.04. The summed E-state index contributed by atoms with van der Waals surface area (Å²) in [4.78, 5) is 9.17. The quantitative estimate of drug-likeness (QED) is 0.566. The van der Waals surface area contributed by atoms with Crippen molar-refractivity contribution >= 4 is 11.6 Å². The fourth-order valence-electron chi connectivity index (χ4n) is 3.04. The summed E-state index contributed by atoms with van der Waals surface area (Å²) in [6.45, 7) is 7.49. The van der Waals surface area contributed by atoms with E-state index in [-0.39, 0.29) is 0 Å². The van der Waals surface area contributed by atoms with E-state index in [1.54, 1.807) is 0 Å². The number of benzene rings is 1. The Bertz CT molecular complexity index is 488. The first-order valence-electron chi connectivity index (χ1n) is 9.18. The molecule has 1 fully saturated rings. The lowest BCUT2D eigenvalue weighted by Crippen LogP contribution is -2.46. The molecule has 1 atom stereocenters. The van der Waals surface area contributed by atoms with Crippen LogP contribution in [-0.2, 0) is 0 Å². The van der Waals surface area contributed by atoms with Crippen LogP contribution in [0.4, 0.5) is 5.69 Å². The second-order valence-corrected chi connectivity index (χ2v) is 6.57. The molecule has 1 saturated heterocycles. The normalized spacial score (nSPS) is 18.2. The van der Waals surface area contributed by atoms with Gasteiger partial charge in [-0.1, -0.05) is 31.5 Å². The zero-order valence-corrected chi connectivity index (χ0v) is 15.5. The molecule has 1 aliphatic heterocycles. The van der Waals surface area contributed by atoms with Gasteiger partial charge in [0.25, 0.3) is 0 Å². The van der Waals surface area contributed by atoms with E-state index in [9.17, 15) is 0 Å². The molecule has 1 heterocycles. The molecule has 5 heteroatoms. The van der Waals surface area contributed by atoms with Crippen LogP contribution in [0.1, 0.15) is 26.2 Å². The number of guanidine groups is 1. The van der Waals surface area contributed by atoms with Gasteiger partial charge in [-0.3, -0.25) is 4.99 Å². The molecule has 0 spiro atoms. The van der Waals surface area contributed by atoms with Crippen molar-refractivity contribution in [3.05, 3.63) is 30.3 Å². The molecule has 1 aromatic carbocycles. The number of nitrogens with zero attached hydrogens (tertiary/aromatic N) is 3. The molecule has 0 aliphatic carbocycles. The summed E-state index contributed by atoms with van der Waals surface area (Å²) >= 11 is 0. The van der Waals surface area contributed by atoms with Gasteiger partial charge in [0.2, 0.25) is 0 Å². The lowest BCUT2D eigenvalue weighted by Gasteiger charge is -2.21.